The quantitative estimate of drug-likeness (QED) is 0.896. The summed E-state index contributed by atoms with van der Waals surface area (Å²) in [7, 11) is 0. The van der Waals surface area contributed by atoms with E-state index in [1.54, 1.807) is 12.1 Å². The largest absolute Gasteiger partial charge is 0.478 e. The Morgan fingerprint density at radius 2 is 2.16 bits per heavy atom. The van der Waals surface area contributed by atoms with Crippen LogP contribution in [-0.2, 0) is 0 Å². The number of benzene rings is 1. The molecule has 0 amide bonds. The van der Waals surface area contributed by atoms with Gasteiger partial charge in [-0.25, -0.2) is 4.79 Å². The average molecular weight is 258 g/mol. The number of carboxylic acids is 1. The molecular formula is C14H14N2O3. The van der Waals surface area contributed by atoms with Crippen molar-refractivity contribution in [1.82, 2.24) is 4.98 Å². The molecule has 0 unspecified atom stereocenters. The summed E-state index contributed by atoms with van der Waals surface area (Å²) in [6.07, 6.45) is 3.96. The minimum absolute atomic E-state index is 0.231. The number of hydrogen-bond acceptors (Lipinski definition) is 4. The van der Waals surface area contributed by atoms with Crippen LogP contribution >= 0.6 is 0 Å². The van der Waals surface area contributed by atoms with Gasteiger partial charge in [0.1, 0.15) is 5.52 Å². The molecule has 2 aliphatic rings. The third-order valence-electron chi connectivity index (χ3n) is 4.36. The van der Waals surface area contributed by atoms with Crippen LogP contribution in [0.4, 0.5) is 6.01 Å². The van der Waals surface area contributed by atoms with E-state index in [-0.39, 0.29) is 5.56 Å². The van der Waals surface area contributed by atoms with Crippen molar-refractivity contribution in [2.24, 2.45) is 5.41 Å². The van der Waals surface area contributed by atoms with Crippen LogP contribution in [0.5, 0.6) is 0 Å². The van der Waals surface area contributed by atoms with Crippen LogP contribution in [0.2, 0.25) is 0 Å². The standard InChI is InChI=1S/C14H14N2O3/c17-12(18)9-2-3-10-11(6-9)19-13(15-10)16-7-14(8-16)4-1-5-14/h2-3,6H,1,4-5,7-8H2,(H,17,18). The zero-order valence-corrected chi connectivity index (χ0v) is 10.4. The zero-order chi connectivity index (χ0) is 13.0. The van der Waals surface area contributed by atoms with Crippen molar-refractivity contribution in [3.05, 3.63) is 23.8 Å². The SMILES string of the molecule is O=C(O)c1ccc2nc(N3CC4(CCC4)C3)oc2c1. The fourth-order valence-electron chi connectivity index (χ4n) is 3.07. The first-order chi connectivity index (χ1) is 9.15. The van der Waals surface area contributed by atoms with Crippen molar-refractivity contribution in [3.8, 4) is 0 Å². The molecule has 1 aliphatic carbocycles. The summed E-state index contributed by atoms with van der Waals surface area (Å²) in [5, 5.41) is 8.95. The molecule has 4 rings (SSSR count). The third kappa shape index (κ3) is 1.54. The summed E-state index contributed by atoms with van der Waals surface area (Å²) in [6.45, 7) is 2.04. The predicted molar refractivity (Wildman–Crippen MR) is 69.5 cm³/mol. The molecule has 0 radical (unpaired) electrons. The van der Waals surface area contributed by atoms with Crippen molar-refractivity contribution in [3.63, 3.8) is 0 Å². The van der Waals surface area contributed by atoms with E-state index in [4.69, 9.17) is 9.52 Å². The van der Waals surface area contributed by atoms with E-state index in [0.717, 1.165) is 18.6 Å². The Morgan fingerprint density at radius 1 is 1.37 bits per heavy atom. The molecule has 1 saturated carbocycles. The summed E-state index contributed by atoms with van der Waals surface area (Å²) in [5.74, 6) is -0.947. The zero-order valence-electron chi connectivity index (χ0n) is 10.4. The number of nitrogens with zero attached hydrogens (tertiary/aromatic N) is 2. The van der Waals surface area contributed by atoms with E-state index in [1.807, 2.05) is 0 Å². The van der Waals surface area contributed by atoms with E-state index < -0.39 is 5.97 Å². The number of carbonyl (C=O) groups is 1. The van der Waals surface area contributed by atoms with Gasteiger partial charge in [-0.2, -0.15) is 4.98 Å². The van der Waals surface area contributed by atoms with Gasteiger partial charge in [-0.3, -0.25) is 0 Å². The first kappa shape index (κ1) is 10.8. The van der Waals surface area contributed by atoms with Crippen molar-refractivity contribution in [2.75, 3.05) is 18.0 Å². The van der Waals surface area contributed by atoms with Gasteiger partial charge in [0, 0.05) is 18.5 Å². The van der Waals surface area contributed by atoms with Gasteiger partial charge in [0.25, 0.3) is 6.01 Å². The van der Waals surface area contributed by atoms with Crippen LogP contribution in [0.25, 0.3) is 11.1 Å². The second kappa shape index (κ2) is 3.50. The Balaban J connectivity index is 1.63. The van der Waals surface area contributed by atoms with Gasteiger partial charge in [-0.05, 0) is 31.0 Å². The molecule has 1 N–H and O–H groups in total. The maximum Gasteiger partial charge on any atom is 0.335 e. The molecule has 0 bridgehead atoms. The number of hydrogen-bond donors (Lipinski definition) is 1. The topological polar surface area (TPSA) is 66.6 Å². The molecule has 1 aromatic carbocycles. The molecule has 2 aromatic rings. The molecule has 2 fully saturated rings. The van der Waals surface area contributed by atoms with Crippen LogP contribution in [0, 0.1) is 5.41 Å². The van der Waals surface area contributed by atoms with Crippen molar-refractivity contribution in [1.29, 1.82) is 0 Å². The summed E-state index contributed by atoms with van der Waals surface area (Å²) in [5.41, 5.74) is 2.01. The van der Waals surface area contributed by atoms with Crippen LogP contribution in [0.3, 0.4) is 0 Å². The van der Waals surface area contributed by atoms with Gasteiger partial charge in [0.05, 0.1) is 5.56 Å². The van der Waals surface area contributed by atoms with Crippen LogP contribution in [0.1, 0.15) is 29.6 Å². The Morgan fingerprint density at radius 3 is 2.79 bits per heavy atom. The Labute approximate surface area is 109 Å². The van der Waals surface area contributed by atoms with Gasteiger partial charge in [-0.1, -0.05) is 6.42 Å². The Bertz CT molecular complexity index is 664. The fraction of sp³-hybridized carbons (Fsp3) is 0.429. The van der Waals surface area contributed by atoms with Crippen LogP contribution in [0.15, 0.2) is 22.6 Å². The summed E-state index contributed by atoms with van der Waals surface area (Å²) in [6, 6.07) is 5.41. The lowest BCUT2D eigenvalue weighted by Crippen LogP contribution is -2.60. The van der Waals surface area contributed by atoms with Gasteiger partial charge in [0.2, 0.25) is 0 Å². The summed E-state index contributed by atoms with van der Waals surface area (Å²) < 4.78 is 5.68. The van der Waals surface area contributed by atoms with Gasteiger partial charge >= 0.3 is 5.97 Å². The number of fused-ring (bicyclic) bond motifs is 1. The smallest absolute Gasteiger partial charge is 0.335 e. The summed E-state index contributed by atoms with van der Waals surface area (Å²) in [4.78, 5) is 17.5. The monoisotopic (exact) mass is 258 g/mol. The molecule has 19 heavy (non-hydrogen) atoms. The molecule has 5 heteroatoms. The molecule has 1 aliphatic heterocycles. The van der Waals surface area contributed by atoms with Gasteiger partial charge in [-0.15, -0.1) is 0 Å². The van der Waals surface area contributed by atoms with E-state index in [2.05, 4.69) is 9.88 Å². The number of aromatic nitrogens is 1. The highest BCUT2D eigenvalue weighted by Crippen LogP contribution is 2.49. The molecule has 1 saturated heterocycles. The van der Waals surface area contributed by atoms with E-state index >= 15 is 0 Å². The van der Waals surface area contributed by atoms with Gasteiger partial charge in [0.15, 0.2) is 5.58 Å². The highest BCUT2D eigenvalue weighted by molar-refractivity contribution is 5.92. The number of carboxylic acid groups (broad SMARTS) is 1. The van der Waals surface area contributed by atoms with Gasteiger partial charge < -0.3 is 14.4 Å². The predicted octanol–water partition coefficient (Wildman–Crippen LogP) is 2.52. The third-order valence-corrected chi connectivity index (χ3v) is 4.36. The molecule has 2 heterocycles. The lowest BCUT2D eigenvalue weighted by Gasteiger charge is -2.55. The molecule has 5 nitrogen and oxygen atoms in total. The lowest BCUT2D eigenvalue weighted by molar-refractivity contribution is 0.0697. The maximum atomic E-state index is 10.9. The highest BCUT2D eigenvalue weighted by Gasteiger charge is 2.48. The second-order valence-corrected chi connectivity index (χ2v) is 5.69. The Kier molecular flexibility index (Phi) is 2.00. The average Bonchev–Trinajstić information content (AvgIpc) is 2.66. The number of anilines is 1. The first-order valence-corrected chi connectivity index (χ1v) is 6.54. The first-order valence-electron chi connectivity index (χ1n) is 6.54. The van der Waals surface area contributed by atoms with Crippen LogP contribution < -0.4 is 4.90 Å². The van der Waals surface area contributed by atoms with Crippen molar-refractivity contribution < 1.29 is 14.3 Å². The molecule has 0 atom stereocenters. The lowest BCUT2D eigenvalue weighted by atomic mass is 9.64. The van der Waals surface area contributed by atoms with E-state index in [1.165, 1.54) is 25.3 Å². The minimum Gasteiger partial charge on any atom is -0.478 e. The van der Waals surface area contributed by atoms with Crippen LogP contribution in [-0.4, -0.2) is 29.1 Å². The molecular weight excluding hydrogens is 244 g/mol. The van der Waals surface area contributed by atoms with Crippen molar-refractivity contribution in [2.45, 2.75) is 19.3 Å². The summed E-state index contributed by atoms with van der Waals surface area (Å²) >= 11 is 0. The fourth-order valence-corrected chi connectivity index (χ4v) is 3.07. The minimum atomic E-state index is -0.947. The number of oxazole rings is 1. The van der Waals surface area contributed by atoms with Crippen molar-refractivity contribution >= 4 is 23.1 Å². The second-order valence-electron chi connectivity index (χ2n) is 5.69. The maximum absolute atomic E-state index is 10.9. The molecule has 1 aromatic heterocycles. The Hall–Kier alpha value is -2.04. The van der Waals surface area contributed by atoms with E-state index in [9.17, 15) is 4.79 Å². The normalized spacial score (nSPS) is 20.3. The van der Waals surface area contributed by atoms with E-state index in [0.29, 0.717) is 17.0 Å². The highest BCUT2D eigenvalue weighted by atomic mass is 16.4. The molecule has 98 valence electrons. The number of rotatable bonds is 2. The number of aromatic carboxylic acids is 1. The molecule has 1 spiro atoms.